The normalized spacial score (nSPS) is 31.1. The number of piperidine rings is 1. The largest absolute Gasteiger partial charge is 0.514 e. The summed E-state index contributed by atoms with van der Waals surface area (Å²) < 4.78 is 18.3. The van der Waals surface area contributed by atoms with Crippen molar-refractivity contribution in [2.24, 2.45) is 5.92 Å². The Hall–Kier alpha value is -3.68. The van der Waals surface area contributed by atoms with Crippen LogP contribution in [0.2, 0.25) is 0 Å². The van der Waals surface area contributed by atoms with Crippen molar-refractivity contribution in [1.82, 2.24) is 4.90 Å². The first kappa shape index (κ1) is 28.5. The number of likely N-dealkylation sites (tertiary alicyclic amines) is 1. The number of benzene rings is 3. The van der Waals surface area contributed by atoms with Crippen LogP contribution >= 0.6 is 0 Å². The van der Waals surface area contributed by atoms with Gasteiger partial charge in [-0.3, -0.25) is 9.69 Å². The quantitative estimate of drug-likeness (QED) is 0.257. The second kappa shape index (κ2) is 10.4. The van der Waals surface area contributed by atoms with E-state index >= 15 is 0 Å². The minimum absolute atomic E-state index is 0.0270. The molecule has 2 bridgehead atoms. The number of ether oxygens (including phenoxy) is 3. The second-order valence-corrected chi connectivity index (χ2v) is 14.7. The van der Waals surface area contributed by atoms with Gasteiger partial charge in [0.25, 0.3) is 0 Å². The van der Waals surface area contributed by atoms with E-state index in [-0.39, 0.29) is 29.1 Å². The highest BCUT2D eigenvalue weighted by atomic mass is 16.7. The summed E-state index contributed by atoms with van der Waals surface area (Å²) in [5, 5.41) is 12.5. The lowest BCUT2D eigenvalue weighted by Gasteiger charge is -2.62. The van der Waals surface area contributed by atoms with Crippen molar-refractivity contribution in [2.45, 2.75) is 98.9 Å². The molecule has 4 fully saturated rings. The fourth-order valence-corrected chi connectivity index (χ4v) is 10.0. The Bertz CT molecular complexity index is 1640. The van der Waals surface area contributed by atoms with Gasteiger partial charge in [0.1, 0.15) is 6.10 Å². The van der Waals surface area contributed by atoms with E-state index in [9.17, 15) is 14.7 Å². The van der Waals surface area contributed by atoms with Crippen molar-refractivity contribution in [2.75, 3.05) is 13.1 Å². The molecule has 4 aliphatic carbocycles. The van der Waals surface area contributed by atoms with Gasteiger partial charge in [0.2, 0.25) is 0 Å². The number of carbonyl (C=O) groups excluding carboxylic acids is 2. The average Bonchev–Trinajstić information content (AvgIpc) is 3.83. The molecule has 3 aromatic carbocycles. The molecular weight excluding hydrogens is 578 g/mol. The van der Waals surface area contributed by atoms with Gasteiger partial charge in [-0.05, 0) is 93.0 Å². The molecule has 3 aromatic rings. The molecule has 46 heavy (non-hydrogen) atoms. The Kier molecular flexibility index (Phi) is 6.46. The summed E-state index contributed by atoms with van der Waals surface area (Å²) >= 11 is 0. The highest BCUT2D eigenvalue weighted by Crippen LogP contribution is 2.65. The fourth-order valence-electron chi connectivity index (χ4n) is 10.0. The van der Waals surface area contributed by atoms with Crippen LogP contribution < -0.4 is 9.47 Å². The van der Waals surface area contributed by atoms with Crippen molar-refractivity contribution in [3.8, 4) is 11.5 Å². The van der Waals surface area contributed by atoms with Crippen LogP contribution in [0.1, 0.15) is 80.0 Å². The van der Waals surface area contributed by atoms with E-state index in [4.69, 9.17) is 14.2 Å². The number of hydrogen-bond acceptors (Lipinski definition) is 7. The first-order chi connectivity index (χ1) is 22.4. The summed E-state index contributed by atoms with van der Waals surface area (Å²) in [6.45, 7) is 1.84. The van der Waals surface area contributed by atoms with Crippen LogP contribution in [-0.2, 0) is 26.8 Å². The molecule has 1 saturated heterocycles. The standard InChI is InChI=1S/C39H41NO6/c41-30-17-20-39(43)32-23-26-13-14-31(34-33(26)38(39,35(30)46-34)21-22-40(32)24-25-11-12-25)45-36(42)44-29-15-18-37(19-16-29,27-7-3-1-4-8-27)28-9-5-2-6-10-28/h1-10,13-14,25,29,32,35,43H,11-12,15-24H2. The third-order valence-corrected chi connectivity index (χ3v) is 12.4. The van der Waals surface area contributed by atoms with Crippen molar-refractivity contribution in [1.29, 1.82) is 0 Å². The number of rotatable bonds is 6. The van der Waals surface area contributed by atoms with Gasteiger partial charge in [-0.1, -0.05) is 66.7 Å². The molecule has 2 heterocycles. The minimum Gasteiger partial charge on any atom is -0.477 e. The first-order valence-corrected chi connectivity index (χ1v) is 17.2. The maximum atomic E-state index is 13.4. The van der Waals surface area contributed by atoms with Gasteiger partial charge in [-0.25, -0.2) is 4.79 Å². The molecule has 7 nitrogen and oxygen atoms in total. The molecule has 6 aliphatic rings. The SMILES string of the molecule is O=C(Oc1ccc2c3c1OC1C(=O)CCC4(O)C(C2)N(CC2CC2)CCC314)OC1CCC(c2ccccc2)(c2ccccc2)CC1. The summed E-state index contributed by atoms with van der Waals surface area (Å²) in [6.07, 6.45) is 6.01. The maximum absolute atomic E-state index is 13.4. The third kappa shape index (κ3) is 4.10. The highest BCUT2D eigenvalue weighted by Gasteiger charge is 2.73. The van der Waals surface area contributed by atoms with Gasteiger partial charge in [0.15, 0.2) is 23.4 Å². The summed E-state index contributed by atoms with van der Waals surface area (Å²) in [5.74, 6) is 1.46. The van der Waals surface area contributed by atoms with E-state index in [0.29, 0.717) is 31.4 Å². The average molecular weight is 620 g/mol. The summed E-state index contributed by atoms with van der Waals surface area (Å²) in [7, 11) is 0. The molecular formula is C39H41NO6. The van der Waals surface area contributed by atoms with E-state index in [2.05, 4.69) is 53.4 Å². The molecule has 2 aliphatic heterocycles. The molecule has 0 radical (unpaired) electrons. The first-order valence-electron chi connectivity index (χ1n) is 17.2. The predicted molar refractivity (Wildman–Crippen MR) is 171 cm³/mol. The van der Waals surface area contributed by atoms with Gasteiger partial charge in [-0.2, -0.15) is 0 Å². The minimum atomic E-state index is -1.05. The van der Waals surface area contributed by atoms with Crippen LogP contribution in [0.25, 0.3) is 0 Å². The van der Waals surface area contributed by atoms with E-state index in [1.807, 2.05) is 18.2 Å². The lowest BCUT2D eigenvalue weighted by molar-refractivity contribution is -0.188. The number of nitrogens with zero attached hydrogens (tertiary/aromatic N) is 1. The molecule has 0 amide bonds. The molecule has 238 valence electrons. The van der Waals surface area contributed by atoms with Crippen LogP contribution in [0.5, 0.6) is 11.5 Å². The summed E-state index contributed by atoms with van der Waals surface area (Å²) in [5.41, 5.74) is 2.56. The Morgan fingerprint density at radius 2 is 1.59 bits per heavy atom. The van der Waals surface area contributed by atoms with Gasteiger partial charge in [0.05, 0.1) is 11.0 Å². The fraction of sp³-hybridized carbons (Fsp3) is 0.487. The van der Waals surface area contributed by atoms with Crippen LogP contribution in [0.3, 0.4) is 0 Å². The zero-order valence-corrected chi connectivity index (χ0v) is 26.2. The van der Waals surface area contributed by atoms with Crippen molar-refractivity contribution >= 4 is 11.9 Å². The van der Waals surface area contributed by atoms with Crippen LogP contribution in [-0.4, -0.2) is 58.9 Å². The molecule has 1 spiro atoms. The maximum Gasteiger partial charge on any atom is 0.514 e. The van der Waals surface area contributed by atoms with E-state index in [0.717, 1.165) is 55.8 Å². The lowest BCUT2D eigenvalue weighted by Crippen LogP contribution is -2.76. The zero-order valence-electron chi connectivity index (χ0n) is 26.2. The van der Waals surface area contributed by atoms with Gasteiger partial charge < -0.3 is 19.3 Å². The van der Waals surface area contributed by atoms with Gasteiger partial charge in [-0.15, -0.1) is 0 Å². The van der Waals surface area contributed by atoms with Crippen molar-refractivity contribution < 1.29 is 28.9 Å². The van der Waals surface area contributed by atoms with E-state index in [1.54, 1.807) is 6.07 Å². The smallest absolute Gasteiger partial charge is 0.477 e. The number of ketones is 1. The number of hydrogen-bond donors (Lipinski definition) is 1. The molecule has 1 N–H and O–H groups in total. The lowest BCUT2D eigenvalue weighted by atomic mass is 9.49. The van der Waals surface area contributed by atoms with Crippen LogP contribution in [0.4, 0.5) is 4.79 Å². The molecule has 0 aromatic heterocycles. The monoisotopic (exact) mass is 619 g/mol. The Balaban J connectivity index is 0.958. The van der Waals surface area contributed by atoms with Crippen LogP contribution in [0, 0.1) is 5.92 Å². The molecule has 3 saturated carbocycles. The molecule has 9 rings (SSSR count). The van der Waals surface area contributed by atoms with E-state index in [1.165, 1.54) is 24.0 Å². The summed E-state index contributed by atoms with van der Waals surface area (Å²) in [6, 6.07) is 25.0. The second-order valence-electron chi connectivity index (χ2n) is 14.7. The van der Waals surface area contributed by atoms with Gasteiger partial charge >= 0.3 is 6.16 Å². The van der Waals surface area contributed by atoms with Crippen molar-refractivity contribution in [3.63, 3.8) is 0 Å². The molecule has 7 heteroatoms. The predicted octanol–water partition coefficient (Wildman–Crippen LogP) is 6.26. The molecule has 4 atom stereocenters. The molecule has 4 unspecified atom stereocenters. The highest BCUT2D eigenvalue weighted by molar-refractivity contribution is 5.90. The Morgan fingerprint density at radius 3 is 2.26 bits per heavy atom. The Labute approximate surface area is 269 Å². The van der Waals surface area contributed by atoms with Gasteiger partial charge in [0, 0.05) is 30.0 Å². The zero-order chi connectivity index (χ0) is 31.1. The van der Waals surface area contributed by atoms with Crippen LogP contribution in [0.15, 0.2) is 72.8 Å². The number of aliphatic hydroxyl groups is 1. The third-order valence-electron chi connectivity index (χ3n) is 12.4. The summed E-state index contributed by atoms with van der Waals surface area (Å²) in [4.78, 5) is 29.2. The van der Waals surface area contributed by atoms with E-state index < -0.39 is 23.3 Å². The number of Topliss-reactive ketones (excluding diaryl/α,β-unsaturated/α-hetero) is 1. The topological polar surface area (TPSA) is 85.3 Å². The number of carbonyl (C=O) groups is 2. The van der Waals surface area contributed by atoms with Crippen molar-refractivity contribution in [3.05, 3.63) is 95.1 Å². The Morgan fingerprint density at radius 1 is 0.891 bits per heavy atom.